The van der Waals surface area contributed by atoms with Gasteiger partial charge in [-0.05, 0) is 60.7 Å². The van der Waals surface area contributed by atoms with Crippen LogP contribution in [0.5, 0.6) is 0 Å². The molecule has 1 heterocycles. The number of carbonyl (C=O) groups is 2. The fourth-order valence-corrected chi connectivity index (χ4v) is 3.25. The summed E-state index contributed by atoms with van der Waals surface area (Å²) < 4.78 is 0. The molecule has 0 bridgehead atoms. The Morgan fingerprint density at radius 3 is 1.30 bits per heavy atom. The van der Waals surface area contributed by atoms with Crippen molar-refractivity contribution in [2.24, 2.45) is 0 Å². The Labute approximate surface area is 147 Å². The monoisotopic (exact) mass is 360 g/mol. The van der Waals surface area contributed by atoms with Gasteiger partial charge in [-0.1, -0.05) is 23.2 Å². The smallest absolute Gasteiger partial charge is 0.202 e. The van der Waals surface area contributed by atoms with Crippen LogP contribution in [-0.2, 0) is 0 Å². The lowest BCUT2D eigenvalue weighted by molar-refractivity contribution is 0.103. The third-order valence-electron chi connectivity index (χ3n) is 3.27. The van der Waals surface area contributed by atoms with Gasteiger partial charge in [-0.15, -0.1) is 11.3 Å². The molecule has 3 aromatic rings. The fraction of sp³-hybridized carbons (Fsp3) is 0. The van der Waals surface area contributed by atoms with Gasteiger partial charge in [-0.3, -0.25) is 9.59 Å². The standard InChI is InChI=1S/C18H10Cl2O2S/c19-13-5-1-11(2-6-13)17(21)15-9-10-16(23-15)18(22)12-3-7-14(20)8-4-12/h1-10H. The molecule has 0 fully saturated rings. The normalized spacial score (nSPS) is 10.5. The van der Waals surface area contributed by atoms with Crippen LogP contribution in [0.15, 0.2) is 60.7 Å². The lowest BCUT2D eigenvalue weighted by Gasteiger charge is -1.99. The molecule has 0 aliphatic rings. The molecule has 0 saturated heterocycles. The molecule has 5 heteroatoms. The molecule has 0 atom stereocenters. The number of thiophene rings is 1. The summed E-state index contributed by atoms with van der Waals surface area (Å²) in [6.45, 7) is 0. The molecule has 2 nitrogen and oxygen atoms in total. The summed E-state index contributed by atoms with van der Waals surface area (Å²) in [4.78, 5) is 25.9. The third kappa shape index (κ3) is 3.53. The van der Waals surface area contributed by atoms with Gasteiger partial charge >= 0.3 is 0 Å². The highest BCUT2D eigenvalue weighted by Gasteiger charge is 2.16. The molecule has 0 unspecified atom stereocenters. The average molecular weight is 361 g/mol. The molecule has 0 radical (unpaired) electrons. The Morgan fingerprint density at radius 1 is 0.609 bits per heavy atom. The SMILES string of the molecule is O=C(c1ccc(Cl)cc1)c1ccc(C(=O)c2ccc(Cl)cc2)s1. The van der Waals surface area contributed by atoms with Crippen LogP contribution in [0.4, 0.5) is 0 Å². The first-order chi connectivity index (χ1) is 11.0. The van der Waals surface area contributed by atoms with Crippen LogP contribution in [0.2, 0.25) is 10.0 Å². The summed E-state index contributed by atoms with van der Waals surface area (Å²) in [5, 5.41) is 1.15. The van der Waals surface area contributed by atoms with Crippen LogP contribution < -0.4 is 0 Å². The van der Waals surface area contributed by atoms with E-state index in [9.17, 15) is 9.59 Å². The maximum Gasteiger partial charge on any atom is 0.202 e. The molecule has 23 heavy (non-hydrogen) atoms. The number of hydrogen-bond acceptors (Lipinski definition) is 3. The number of rotatable bonds is 4. The lowest BCUT2D eigenvalue weighted by atomic mass is 10.1. The predicted octanol–water partition coefficient (Wildman–Crippen LogP) is 5.52. The summed E-state index contributed by atoms with van der Waals surface area (Å²) in [5.41, 5.74) is 1.09. The van der Waals surface area contributed by atoms with Crippen LogP contribution in [0.1, 0.15) is 30.5 Å². The first-order valence-electron chi connectivity index (χ1n) is 6.75. The largest absolute Gasteiger partial charge is 0.288 e. The highest BCUT2D eigenvalue weighted by Crippen LogP contribution is 2.24. The average Bonchev–Trinajstić information content (AvgIpc) is 3.05. The quantitative estimate of drug-likeness (QED) is 0.574. The van der Waals surface area contributed by atoms with Crippen LogP contribution in [0.3, 0.4) is 0 Å². The minimum atomic E-state index is -0.123. The molecule has 3 rings (SSSR count). The lowest BCUT2D eigenvalue weighted by Crippen LogP contribution is -1.99. The van der Waals surface area contributed by atoms with E-state index in [0.29, 0.717) is 30.9 Å². The summed E-state index contributed by atoms with van der Waals surface area (Å²) in [5.74, 6) is -0.247. The predicted molar refractivity (Wildman–Crippen MR) is 94.1 cm³/mol. The number of ketones is 2. The molecule has 1 aromatic heterocycles. The van der Waals surface area contributed by atoms with Gasteiger partial charge in [-0.25, -0.2) is 0 Å². The highest BCUT2D eigenvalue weighted by molar-refractivity contribution is 7.16. The van der Waals surface area contributed by atoms with Gasteiger partial charge in [0.1, 0.15) is 0 Å². The molecular weight excluding hydrogens is 351 g/mol. The maximum absolute atomic E-state index is 12.4. The van der Waals surface area contributed by atoms with Crippen molar-refractivity contribution in [3.63, 3.8) is 0 Å². The molecule has 0 spiro atoms. The van der Waals surface area contributed by atoms with E-state index in [-0.39, 0.29) is 11.6 Å². The zero-order chi connectivity index (χ0) is 16.4. The molecule has 0 aliphatic carbocycles. The summed E-state index contributed by atoms with van der Waals surface area (Å²) in [7, 11) is 0. The van der Waals surface area contributed by atoms with E-state index in [2.05, 4.69) is 0 Å². The number of halogens is 2. The van der Waals surface area contributed by atoms with Crippen molar-refractivity contribution in [2.75, 3.05) is 0 Å². The van der Waals surface area contributed by atoms with Crippen molar-refractivity contribution in [3.8, 4) is 0 Å². The zero-order valence-electron chi connectivity index (χ0n) is 11.8. The van der Waals surface area contributed by atoms with Gasteiger partial charge in [0, 0.05) is 21.2 Å². The van der Waals surface area contributed by atoms with Crippen LogP contribution in [0.25, 0.3) is 0 Å². The molecular formula is C18H10Cl2O2S. The Kier molecular flexibility index (Phi) is 4.62. The first kappa shape index (κ1) is 15.9. The van der Waals surface area contributed by atoms with E-state index < -0.39 is 0 Å². The summed E-state index contributed by atoms with van der Waals surface area (Å²) >= 11 is 12.8. The van der Waals surface area contributed by atoms with E-state index in [1.807, 2.05) is 0 Å². The minimum absolute atomic E-state index is 0.123. The Balaban J connectivity index is 1.85. The summed E-state index contributed by atoms with van der Waals surface area (Å²) in [6.07, 6.45) is 0. The van der Waals surface area contributed by atoms with Crippen molar-refractivity contribution < 1.29 is 9.59 Å². The Bertz CT molecular complexity index is 793. The van der Waals surface area contributed by atoms with Gasteiger partial charge in [0.2, 0.25) is 11.6 Å². The van der Waals surface area contributed by atoms with E-state index in [1.165, 1.54) is 11.3 Å². The van der Waals surface area contributed by atoms with E-state index in [0.717, 1.165) is 0 Å². The third-order valence-corrected chi connectivity index (χ3v) is 4.85. The van der Waals surface area contributed by atoms with Crippen LogP contribution in [0, 0.1) is 0 Å². The van der Waals surface area contributed by atoms with Gasteiger partial charge in [0.15, 0.2) is 0 Å². The number of carbonyl (C=O) groups excluding carboxylic acids is 2. The zero-order valence-corrected chi connectivity index (χ0v) is 14.1. The number of benzene rings is 2. The van der Waals surface area contributed by atoms with Gasteiger partial charge < -0.3 is 0 Å². The van der Waals surface area contributed by atoms with Crippen molar-refractivity contribution in [1.29, 1.82) is 0 Å². The van der Waals surface area contributed by atoms with E-state index >= 15 is 0 Å². The summed E-state index contributed by atoms with van der Waals surface area (Å²) in [6, 6.07) is 16.7. The van der Waals surface area contributed by atoms with Gasteiger partial charge in [-0.2, -0.15) is 0 Å². The molecule has 114 valence electrons. The Hall–Kier alpha value is -1.94. The van der Waals surface area contributed by atoms with E-state index in [1.54, 1.807) is 60.7 Å². The topological polar surface area (TPSA) is 34.1 Å². The minimum Gasteiger partial charge on any atom is -0.288 e. The van der Waals surface area contributed by atoms with Crippen molar-refractivity contribution in [2.45, 2.75) is 0 Å². The van der Waals surface area contributed by atoms with Crippen molar-refractivity contribution >= 4 is 46.1 Å². The molecule has 0 N–H and O–H groups in total. The number of hydrogen-bond donors (Lipinski definition) is 0. The molecule has 2 aromatic carbocycles. The second-order valence-electron chi connectivity index (χ2n) is 4.84. The molecule has 0 amide bonds. The first-order valence-corrected chi connectivity index (χ1v) is 8.32. The van der Waals surface area contributed by atoms with Crippen LogP contribution in [-0.4, -0.2) is 11.6 Å². The van der Waals surface area contributed by atoms with Gasteiger partial charge in [0.05, 0.1) is 9.75 Å². The van der Waals surface area contributed by atoms with Crippen molar-refractivity contribution in [1.82, 2.24) is 0 Å². The maximum atomic E-state index is 12.4. The van der Waals surface area contributed by atoms with Gasteiger partial charge in [0.25, 0.3) is 0 Å². The van der Waals surface area contributed by atoms with E-state index in [4.69, 9.17) is 23.2 Å². The molecule has 0 aliphatic heterocycles. The van der Waals surface area contributed by atoms with Crippen molar-refractivity contribution in [3.05, 3.63) is 91.6 Å². The highest BCUT2D eigenvalue weighted by atomic mass is 35.5. The van der Waals surface area contributed by atoms with Crippen LogP contribution >= 0.6 is 34.5 Å². The fourth-order valence-electron chi connectivity index (χ4n) is 2.07. The second kappa shape index (κ2) is 6.67. The Morgan fingerprint density at radius 2 is 0.957 bits per heavy atom. The molecule has 0 saturated carbocycles. The second-order valence-corrected chi connectivity index (χ2v) is 6.79.